The molecule has 1 aromatic rings. The normalized spacial score (nSPS) is 18.1. The fraction of sp³-hybridized carbons (Fsp3) is 0.643. The van der Waals surface area contributed by atoms with Gasteiger partial charge in [-0.3, -0.25) is 14.6 Å². The van der Waals surface area contributed by atoms with Gasteiger partial charge in [0.2, 0.25) is 5.91 Å². The summed E-state index contributed by atoms with van der Waals surface area (Å²) in [7, 11) is 0. The Bertz CT molecular complexity index is 589. The monoisotopic (exact) mass is 311 g/mol. The summed E-state index contributed by atoms with van der Waals surface area (Å²) in [6.07, 6.45) is 4.96. The Balaban J connectivity index is 1.61. The van der Waals surface area contributed by atoms with E-state index >= 15 is 0 Å². The molecule has 2 rings (SSSR count). The van der Waals surface area contributed by atoms with E-state index in [1.54, 1.807) is 0 Å². The molecule has 1 saturated heterocycles. The number of rotatable bonds is 7. The summed E-state index contributed by atoms with van der Waals surface area (Å²) in [4.78, 5) is 38.4. The van der Waals surface area contributed by atoms with Crippen LogP contribution in [0, 0.1) is 0 Å². The average molecular weight is 311 g/mol. The van der Waals surface area contributed by atoms with Crippen LogP contribution in [0.5, 0.6) is 0 Å². The Labute approximate surface area is 127 Å². The lowest BCUT2D eigenvalue weighted by atomic mass is 10.1. The molecule has 0 spiro atoms. The minimum absolute atomic E-state index is 0.0260. The van der Waals surface area contributed by atoms with E-state index in [2.05, 4.69) is 15.3 Å². The van der Waals surface area contributed by atoms with Crippen LogP contribution in [0.25, 0.3) is 0 Å². The van der Waals surface area contributed by atoms with Crippen LogP contribution in [0.3, 0.4) is 0 Å². The highest BCUT2D eigenvalue weighted by atomic mass is 16.5. The summed E-state index contributed by atoms with van der Waals surface area (Å²) in [5.41, 5.74) is -0.573. The smallest absolute Gasteiger partial charge is 0.325 e. The molecule has 1 aliphatic rings. The highest BCUT2D eigenvalue weighted by Gasteiger charge is 2.14. The molecular weight excluding hydrogens is 290 g/mol. The molecule has 3 N–H and O–H groups in total. The van der Waals surface area contributed by atoms with Crippen molar-refractivity contribution in [1.82, 2.24) is 15.3 Å². The van der Waals surface area contributed by atoms with Gasteiger partial charge in [-0.2, -0.15) is 0 Å². The van der Waals surface area contributed by atoms with Crippen molar-refractivity contribution in [3.05, 3.63) is 32.6 Å². The number of aromatic nitrogens is 2. The van der Waals surface area contributed by atoms with Crippen LogP contribution in [-0.2, 0) is 20.7 Å². The Morgan fingerprint density at radius 2 is 2.27 bits per heavy atom. The molecule has 122 valence electrons. The van der Waals surface area contributed by atoms with Crippen molar-refractivity contribution in [2.75, 3.05) is 26.4 Å². The molecule has 0 unspecified atom stereocenters. The van der Waals surface area contributed by atoms with Gasteiger partial charge < -0.3 is 19.8 Å². The van der Waals surface area contributed by atoms with Crippen molar-refractivity contribution in [2.45, 2.75) is 31.8 Å². The number of amides is 1. The van der Waals surface area contributed by atoms with Crippen molar-refractivity contribution in [1.29, 1.82) is 0 Å². The molecule has 22 heavy (non-hydrogen) atoms. The minimum atomic E-state index is -0.545. The fourth-order valence-corrected chi connectivity index (χ4v) is 2.23. The lowest BCUT2D eigenvalue weighted by Gasteiger charge is -2.22. The van der Waals surface area contributed by atoms with E-state index < -0.39 is 11.2 Å². The van der Waals surface area contributed by atoms with Crippen LogP contribution >= 0.6 is 0 Å². The number of nitrogens with one attached hydrogen (secondary N) is 3. The molecule has 2 heterocycles. The second-order valence-corrected chi connectivity index (χ2v) is 5.20. The van der Waals surface area contributed by atoms with Crippen molar-refractivity contribution in [2.24, 2.45) is 0 Å². The van der Waals surface area contributed by atoms with Gasteiger partial charge in [-0.1, -0.05) is 0 Å². The Hall–Kier alpha value is -1.93. The summed E-state index contributed by atoms with van der Waals surface area (Å²) >= 11 is 0. The first-order valence-electron chi connectivity index (χ1n) is 7.42. The number of carbonyl (C=O) groups is 1. The maximum Gasteiger partial charge on any atom is 0.325 e. The molecule has 1 fully saturated rings. The van der Waals surface area contributed by atoms with E-state index in [4.69, 9.17) is 9.47 Å². The van der Waals surface area contributed by atoms with Gasteiger partial charge in [-0.15, -0.1) is 0 Å². The van der Waals surface area contributed by atoms with Gasteiger partial charge in [-0.05, 0) is 25.7 Å². The quantitative estimate of drug-likeness (QED) is 0.617. The molecule has 1 amide bonds. The van der Waals surface area contributed by atoms with Crippen molar-refractivity contribution >= 4 is 5.91 Å². The van der Waals surface area contributed by atoms with Gasteiger partial charge in [-0.25, -0.2) is 4.79 Å². The molecule has 8 heteroatoms. The summed E-state index contributed by atoms with van der Waals surface area (Å²) < 4.78 is 10.8. The van der Waals surface area contributed by atoms with Crippen LogP contribution in [0.15, 0.2) is 15.8 Å². The molecule has 1 aromatic heterocycles. The zero-order valence-corrected chi connectivity index (χ0v) is 12.4. The van der Waals surface area contributed by atoms with E-state index in [0.29, 0.717) is 25.1 Å². The third-order valence-electron chi connectivity index (χ3n) is 3.42. The zero-order valence-electron chi connectivity index (χ0n) is 12.4. The molecule has 0 saturated carbocycles. The predicted molar refractivity (Wildman–Crippen MR) is 78.8 cm³/mol. The number of aromatic amines is 2. The first-order chi connectivity index (χ1) is 10.6. The first kappa shape index (κ1) is 16.4. The summed E-state index contributed by atoms with van der Waals surface area (Å²) in [5, 5.41) is 2.66. The lowest BCUT2D eigenvalue weighted by Crippen LogP contribution is -2.33. The van der Waals surface area contributed by atoms with Crippen LogP contribution < -0.4 is 16.6 Å². The third-order valence-corrected chi connectivity index (χ3v) is 3.42. The maximum absolute atomic E-state index is 11.6. The topological polar surface area (TPSA) is 113 Å². The van der Waals surface area contributed by atoms with Gasteiger partial charge in [0.15, 0.2) is 0 Å². The Morgan fingerprint density at radius 1 is 1.41 bits per heavy atom. The highest BCUT2D eigenvalue weighted by molar-refractivity contribution is 5.77. The zero-order chi connectivity index (χ0) is 15.8. The number of ether oxygens (including phenoxy) is 2. The van der Waals surface area contributed by atoms with Crippen LogP contribution in [0.1, 0.15) is 24.8 Å². The lowest BCUT2D eigenvalue weighted by molar-refractivity contribution is -0.127. The minimum Gasteiger partial charge on any atom is -0.376 e. The standard InChI is InChI=1S/C14H21N3O5/c18-12(9-21-8-11-3-1-2-6-22-11)15-5-4-10-7-16-14(20)17-13(10)19/h7,11H,1-6,8-9H2,(H,15,18)(H2,16,17,19,20)/t11-/m0/s1. The molecule has 0 bridgehead atoms. The molecule has 1 atom stereocenters. The van der Waals surface area contributed by atoms with Crippen molar-refractivity contribution in [3.63, 3.8) is 0 Å². The van der Waals surface area contributed by atoms with E-state index in [9.17, 15) is 14.4 Å². The van der Waals surface area contributed by atoms with Gasteiger partial charge in [0.25, 0.3) is 5.56 Å². The molecule has 8 nitrogen and oxygen atoms in total. The Morgan fingerprint density at radius 3 is 3.00 bits per heavy atom. The van der Waals surface area contributed by atoms with Crippen molar-refractivity contribution in [3.8, 4) is 0 Å². The largest absolute Gasteiger partial charge is 0.376 e. The van der Waals surface area contributed by atoms with Gasteiger partial charge >= 0.3 is 5.69 Å². The molecular formula is C14H21N3O5. The predicted octanol–water partition coefficient (Wildman–Crippen LogP) is -0.692. The molecule has 0 radical (unpaired) electrons. The first-order valence-corrected chi connectivity index (χ1v) is 7.42. The SMILES string of the molecule is O=C(COC[C@@H]1CCCCO1)NCCc1c[nH]c(=O)[nH]c1=O. The molecule has 0 aliphatic carbocycles. The Kier molecular flexibility index (Phi) is 6.35. The number of carbonyl (C=O) groups excluding carboxylic acids is 1. The molecule has 1 aliphatic heterocycles. The maximum atomic E-state index is 11.6. The second-order valence-electron chi connectivity index (χ2n) is 5.20. The number of hydrogen-bond acceptors (Lipinski definition) is 5. The van der Waals surface area contributed by atoms with E-state index in [-0.39, 0.29) is 18.6 Å². The molecule has 0 aromatic carbocycles. The third kappa shape index (κ3) is 5.45. The fourth-order valence-electron chi connectivity index (χ4n) is 2.23. The van der Waals surface area contributed by atoms with Gasteiger partial charge in [0.05, 0.1) is 12.7 Å². The van der Waals surface area contributed by atoms with Crippen LogP contribution in [0.2, 0.25) is 0 Å². The average Bonchev–Trinajstić information content (AvgIpc) is 2.50. The number of hydrogen-bond donors (Lipinski definition) is 3. The highest BCUT2D eigenvalue weighted by Crippen LogP contribution is 2.12. The van der Waals surface area contributed by atoms with Crippen LogP contribution in [0.4, 0.5) is 0 Å². The van der Waals surface area contributed by atoms with Gasteiger partial charge in [0.1, 0.15) is 6.61 Å². The summed E-state index contributed by atoms with van der Waals surface area (Å²) in [5.74, 6) is -0.239. The number of H-pyrrole nitrogens is 2. The van der Waals surface area contributed by atoms with E-state index in [1.165, 1.54) is 6.20 Å². The van der Waals surface area contributed by atoms with E-state index in [1.807, 2.05) is 0 Å². The van der Waals surface area contributed by atoms with Crippen LogP contribution in [-0.4, -0.2) is 48.3 Å². The van der Waals surface area contributed by atoms with Crippen molar-refractivity contribution < 1.29 is 14.3 Å². The summed E-state index contributed by atoms with van der Waals surface area (Å²) in [6, 6.07) is 0. The second kappa shape index (κ2) is 8.50. The van der Waals surface area contributed by atoms with Gasteiger partial charge in [0, 0.05) is 24.9 Å². The summed E-state index contributed by atoms with van der Waals surface area (Å²) in [6.45, 7) is 1.46. The van der Waals surface area contributed by atoms with E-state index in [0.717, 1.165) is 25.9 Å².